The van der Waals surface area contributed by atoms with Crippen molar-refractivity contribution in [2.24, 2.45) is 0 Å². The second-order valence-corrected chi connectivity index (χ2v) is 4.19. The van der Waals surface area contributed by atoms with Crippen LogP contribution in [0.1, 0.15) is 10.4 Å². The number of anilines is 3. The zero-order valence-electron chi connectivity index (χ0n) is 11.0. The molecule has 0 heterocycles. The number of benzene rings is 2. The van der Waals surface area contributed by atoms with Crippen molar-refractivity contribution in [3.05, 3.63) is 54.1 Å². The first-order chi connectivity index (χ1) is 9.11. The highest BCUT2D eigenvalue weighted by Crippen LogP contribution is 2.24. The Kier molecular flexibility index (Phi) is 3.71. The number of esters is 1. The lowest BCUT2D eigenvalue weighted by molar-refractivity contribution is 0.0601. The standard InChI is InChI=1S/C15H16N2O2/c1-17(14-9-5-12(16)6-10-14)13-7-3-11(4-8-13)15(18)19-2/h3-10H,16H2,1-2H3. The largest absolute Gasteiger partial charge is 0.465 e. The van der Waals surface area contributed by atoms with Crippen LogP contribution in [-0.4, -0.2) is 20.1 Å². The molecule has 0 saturated heterocycles. The summed E-state index contributed by atoms with van der Waals surface area (Å²) in [6, 6.07) is 14.9. The van der Waals surface area contributed by atoms with Gasteiger partial charge in [-0.15, -0.1) is 0 Å². The molecule has 98 valence electrons. The van der Waals surface area contributed by atoms with Gasteiger partial charge >= 0.3 is 5.97 Å². The predicted octanol–water partition coefficient (Wildman–Crippen LogP) is 2.82. The van der Waals surface area contributed by atoms with Crippen LogP contribution in [-0.2, 0) is 4.74 Å². The first-order valence-corrected chi connectivity index (χ1v) is 5.89. The monoisotopic (exact) mass is 256 g/mol. The highest BCUT2D eigenvalue weighted by atomic mass is 16.5. The van der Waals surface area contributed by atoms with Crippen LogP contribution in [0.2, 0.25) is 0 Å². The van der Waals surface area contributed by atoms with Crippen molar-refractivity contribution in [3.63, 3.8) is 0 Å². The summed E-state index contributed by atoms with van der Waals surface area (Å²) in [5.74, 6) is -0.332. The molecule has 0 radical (unpaired) electrons. The smallest absolute Gasteiger partial charge is 0.337 e. The van der Waals surface area contributed by atoms with E-state index >= 15 is 0 Å². The molecule has 2 rings (SSSR count). The molecule has 2 N–H and O–H groups in total. The fraction of sp³-hybridized carbons (Fsp3) is 0.133. The summed E-state index contributed by atoms with van der Waals surface area (Å²) in [5.41, 5.74) is 8.95. The van der Waals surface area contributed by atoms with Gasteiger partial charge < -0.3 is 15.4 Å². The van der Waals surface area contributed by atoms with Crippen LogP contribution in [0.4, 0.5) is 17.1 Å². The number of hydrogen-bond donors (Lipinski definition) is 1. The molecule has 0 fully saturated rings. The summed E-state index contributed by atoms with van der Waals surface area (Å²) in [6.45, 7) is 0. The molecule has 0 aliphatic carbocycles. The minimum atomic E-state index is -0.332. The van der Waals surface area contributed by atoms with E-state index in [4.69, 9.17) is 5.73 Å². The molecule has 0 amide bonds. The third-order valence-corrected chi connectivity index (χ3v) is 2.96. The van der Waals surface area contributed by atoms with Gasteiger partial charge in [-0.1, -0.05) is 0 Å². The van der Waals surface area contributed by atoms with E-state index in [2.05, 4.69) is 4.74 Å². The van der Waals surface area contributed by atoms with Gasteiger partial charge in [-0.05, 0) is 48.5 Å². The van der Waals surface area contributed by atoms with E-state index in [0.717, 1.165) is 17.1 Å². The molecule has 0 atom stereocenters. The Morgan fingerprint density at radius 3 is 1.95 bits per heavy atom. The molecule has 4 heteroatoms. The summed E-state index contributed by atoms with van der Waals surface area (Å²) in [6.07, 6.45) is 0. The third-order valence-electron chi connectivity index (χ3n) is 2.96. The third kappa shape index (κ3) is 2.85. The number of carbonyl (C=O) groups is 1. The zero-order chi connectivity index (χ0) is 13.8. The van der Waals surface area contributed by atoms with Crippen LogP contribution in [0.3, 0.4) is 0 Å². The van der Waals surface area contributed by atoms with Gasteiger partial charge in [0.1, 0.15) is 0 Å². The Labute approximate surface area is 112 Å². The van der Waals surface area contributed by atoms with E-state index in [1.165, 1.54) is 7.11 Å². The van der Waals surface area contributed by atoms with Crippen molar-refractivity contribution in [1.29, 1.82) is 0 Å². The van der Waals surface area contributed by atoms with Gasteiger partial charge in [0.05, 0.1) is 12.7 Å². The first-order valence-electron chi connectivity index (χ1n) is 5.89. The number of nitrogens with zero attached hydrogens (tertiary/aromatic N) is 1. The summed E-state index contributed by atoms with van der Waals surface area (Å²) < 4.78 is 4.67. The molecular formula is C15H16N2O2. The summed E-state index contributed by atoms with van der Waals surface area (Å²) in [5, 5.41) is 0. The average Bonchev–Trinajstić information content (AvgIpc) is 2.46. The van der Waals surface area contributed by atoms with Crippen molar-refractivity contribution < 1.29 is 9.53 Å². The van der Waals surface area contributed by atoms with Crippen LogP contribution in [0.25, 0.3) is 0 Å². The fourth-order valence-corrected chi connectivity index (χ4v) is 1.79. The number of nitrogen functional groups attached to an aromatic ring is 1. The molecular weight excluding hydrogens is 240 g/mol. The number of ether oxygens (including phenoxy) is 1. The quantitative estimate of drug-likeness (QED) is 0.677. The lowest BCUT2D eigenvalue weighted by Gasteiger charge is -2.19. The highest BCUT2D eigenvalue weighted by Gasteiger charge is 2.07. The minimum absolute atomic E-state index is 0.332. The van der Waals surface area contributed by atoms with Gasteiger partial charge in [0.25, 0.3) is 0 Å². The number of rotatable bonds is 3. The van der Waals surface area contributed by atoms with Crippen LogP contribution < -0.4 is 10.6 Å². The van der Waals surface area contributed by atoms with E-state index in [1.54, 1.807) is 12.1 Å². The van der Waals surface area contributed by atoms with Crippen molar-refractivity contribution >= 4 is 23.0 Å². The lowest BCUT2D eigenvalue weighted by Crippen LogP contribution is -2.10. The van der Waals surface area contributed by atoms with Crippen LogP contribution in [0.15, 0.2) is 48.5 Å². The molecule has 0 saturated carbocycles. The number of methoxy groups -OCH3 is 1. The maximum Gasteiger partial charge on any atom is 0.337 e. The van der Waals surface area contributed by atoms with Crippen molar-refractivity contribution in [2.75, 3.05) is 24.8 Å². The van der Waals surface area contributed by atoms with E-state index in [9.17, 15) is 4.79 Å². The Hall–Kier alpha value is -2.49. The number of carbonyl (C=O) groups excluding carboxylic acids is 1. The Morgan fingerprint density at radius 1 is 1.00 bits per heavy atom. The van der Waals surface area contributed by atoms with E-state index in [1.807, 2.05) is 48.3 Å². The summed E-state index contributed by atoms with van der Waals surface area (Å²) in [4.78, 5) is 13.4. The van der Waals surface area contributed by atoms with Gasteiger partial charge in [-0.3, -0.25) is 0 Å². The number of hydrogen-bond acceptors (Lipinski definition) is 4. The van der Waals surface area contributed by atoms with Gasteiger partial charge in [0.15, 0.2) is 0 Å². The summed E-state index contributed by atoms with van der Waals surface area (Å²) in [7, 11) is 3.33. The van der Waals surface area contributed by atoms with Crippen LogP contribution in [0.5, 0.6) is 0 Å². The van der Waals surface area contributed by atoms with Gasteiger partial charge in [0.2, 0.25) is 0 Å². The number of nitrogens with two attached hydrogens (primary N) is 1. The highest BCUT2D eigenvalue weighted by molar-refractivity contribution is 5.89. The van der Waals surface area contributed by atoms with Gasteiger partial charge in [0, 0.05) is 24.1 Å². The Morgan fingerprint density at radius 2 is 1.47 bits per heavy atom. The second-order valence-electron chi connectivity index (χ2n) is 4.19. The van der Waals surface area contributed by atoms with Crippen LogP contribution in [0, 0.1) is 0 Å². The molecule has 0 aliphatic rings. The Balaban J connectivity index is 2.22. The topological polar surface area (TPSA) is 55.6 Å². The Bertz CT molecular complexity index is 562. The maximum atomic E-state index is 11.4. The summed E-state index contributed by atoms with van der Waals surface area (Å²) >= 11 is 0. The zero-order valence-corrected chi connectivity index (χ0v) is 11.0. The minimum Gasteiger partial charge on any atom is -0.465 e. The van der Waals surface area contributed by atoms with Crippen molar-refractivity contribution in [2.45, 2.75) is 0 Å². The van der Waals surface area contributed by atoms with Gasteiger partial charge in [-0.2, -0.15) is 0 Å². The molecule has 2 aromatic rings. The van der Waals surface area contributed by atoms with Crippen molar-refractivity contribution in [3.8, 4) is 0 Å². The molecule has 0 spiro atoms. The molecule has 0 aliphatic heterocycles. The van der Waals surface area contributed by atoms with E-state index < -0.39 is 0 Å². The molecule has 19 heavy (non-hydrogen) atoms. The van der Waals surface area contributed by atoms with Gasteiger partial charge in [-0.25, -0.2) is 4.79 Å². The first kappa shape index (κ1) is 13.0. The van der Waals surface area contributed by atoms with E-state index in [0.29, 0.717) is 5.56 Å². The molecule has 0 unspecified atom stereocenters. The fourth-order valence-electron chi connectivity index (χ4n) is 1.79. The maximum absolute atomic E-state index is 11.4. The predicted molar refractivity (Wildman–Crippen MR) is 76.7 cm³/mol. The lowest BCUT2D eigenvalue weighted by atomic mass is 10.2. The second kappa shape index (κ2) is 5.44. The molecule has 2 aromatic carbocycles. The van der Waals surface area contributed by atoms with Crippen molar-refractivity contribution in [1.82, 2.24) is 0 Å². The average molecular weight is 256 g/mol. The SMILES string of the molecule is COC(=O)c1ccc(N(C)c2ccc(N)cc2)cc1. The van der Waals surface area contributed by atoms with E-state index in [-0.39, 0.29) is 5.97 Å². The molecule has 4 nitrogen and oxygen atoms in total. The van der Waals surface area contributed by atoms with Crippen LogP contribution >= 0.6 is 0 Å². The normalized spacial score (nSPS) is 10.0. The molecule has 0 bridgehead atoms. The molecule has 0 aromatic heterocycles.